The lowest BCUT2D eigenvalue weighted by Gasteiger charge is -2.34. The van der Waals surface area contributed by atoms with E-state index in [-0.39, 0.29) is 11.5 Å². The van der Waals surface area contributed by atoms with Crippen molar-refractivity contribution in [3.05, 3.63) is 39.4 Å². The zero-order valence-corrected chi connectivity index (χ0v) is 16.8. The molecule has 0 bridgehead atoms. The number of benzene rings is 1. The summed E-state index contributed by atoms with van der Waals surface area (Å²) in [6, 6.07) is 7.42. The first-order chi connectivity index (χ1) is 13.1. The van der Waals surface area contributed by atoms with Crippen LogP contribution >= 0.6 is 12.2 Å². The second-order valence-corrected chi connectivity index (χ2v) is 7.44. The van der Waals surface area contributed by atoms with Crippen molar-refractivity contribution in [2.75, 3.05) is 32.7 Å². The number of hydrogen-bond acceptors (Lipinski definition) is 4. The molecule has 0 spiro atoms. The van der Waals surface area contributed by atoms with Crippen molar-refractivity contribution in [3.8, 4) is 0 Å². The van der Waals surface area contributed by atoms with E-state index in [1.54, 1.807) is 4.57 Å². The fourth-order valence-electron chi connectivity index (χ4n) is 3.60. The second-order valence-electron chi connectivity index (χ2n) is 7.06. The molecule has 3 rings (SSSR count). The normalized spacial score (nSPS) is 15.4. The van der Waals surface area contributed by atoms with Crippen molar-refractivity contribution in [2.45, 2.75) is 39.2 Å². The maximum absolute atomic E-state index is 12.6. The topological polar surface area (TPSA) is 61.3 Å². The number of nitrogens with zero attached hydrogens (tertiary/aromatic N) is 3. The minimum absolute atomic E-state index is 0.0424. The van der Waals surface area contributed by atoms with Gasteiger partial charge in [0.25, 0.3) is 5.56 Å². The van der Waals surface area contributed by atoms with Gasteiger partial charge < -0.3 is 14.8 Å². The molecule has 6 nitrogen and oxygen atoms in total. The Balaban J connectivity index is 1.46. The monoisotopic (exact) mass is 388 g/mol. The van der Waals surface area contributed by atoms with E-state index >= 15 is 0 Å². The van der Waals surface area contributed by atoms with Gasteiger partial charge in [-0.05, 0) is 43.7 Å². The summed E-state index contributed by atoms with van der Waals surface area (Å²) in [5.41, 5.74) is 0.733. The predicted molar refractivity (Wildman–Crippen MR) is 111 cm³/mol. The molecule has 1 saturated heterocycles. The van der Waals surface area contributed by atoms with Crippen LogP contribution in [-0.2, 0) is 11.3 Å². The molecule has 1 aliphatic heterocycles. The SMILES string of the molecule is CCN1CCN(C(=O)CCCCCn2c(=S)[nH]c3ccccc3c2=O)CC1. The number of rotatable bonds is 7. The summed E-state index contributed by atoms with van der Waals surface area (Å²) in [6.45, 7) is 7.43. The van der Waals surface area contributed by atoms with Gasteiger partial charge in [0.15, 0.2) is 4.77 Å². The molecular weight excluding hydrogens is 360 g/mol. The molecule has 0 unspecified atom stereocenters. The molecule has 0 radical (unpaired) electrons. The van der Waals surface area contributed by atoms with E-state index in [9.17, 15) is 9.59 Å². The van der Waals surface area contributed by atoms with Gasteiger partial charge in [0.05, 0.1) is 10.9 Å². The Bertz CT molecular complexity index is 897. The standard InChI is InChI=1S/C20H28N4O2S/c1-2-22-12-14-23(15-13-22)18(25)10-4-3-7-11-24-19(26)16-8-5-6-9-17(16)21-20(24)27/h5-6,8-9H,2-4,7,10-15H2,1H3,(H,21,27). The lowest BCUT2D eigenvalue weighted by molar-refractivity contribution is -0.133. The number of amides is 1. The van der Waals surface area contributed by atoms with E-state index in [4.69, 9.17) is 12.2 Å². The van der Waals surface area contributed by atoms with Crippen molar-refractivity contribution in [3.63, 3.8) is 0 Å². The average Bonchev–Trinajstić information content (AvgIpc) is 2.69. The molecule has 1 aromatic heterocycles. The molecule has 0 atom stereocenters. The Morgan fingerprint density at radius 2 is 1.85 bits per heavy atom. The van der Waals surface area contributed by atoms with Crippen LogP contribution in [0.3, 0.4) is 0 Å². The number of fused-ring (bicyclic) bond motifs is 1. The molecule has 1 fully saturated rings. The van der Waals surface area contributed by atoms with Crippen molar-refractivity contribution in [1.82, 2.24) is 19.4 Å². The number of unbranched alkanes of at least 4 members (excludes halogenated alkanes) is 2. The highest BCUT2D eigenvalue weighted by molar-refractivity contribution is 7.71. The molecule has 0 saturated carbocycles. The van der Waals surface area contributed by atoms with E-state index in [1.807, 2.05) is 29.2 Å². The fraction of sp³-hybridized carbons (Fsp3) is 0.550. The molecular formula is C20H28N4O2S. The van der Waals surface area contributed by atoms with Gasteiger partial charge in [-0.3, -0.25) is 14.2 Å². The molecule has 1 amide bonds. The highest BCUT2D eigenvalue weighted by Gasteiger charge is 2.19. The summed E-state index contributed by atoms with van der Waals surface area (Å²) in [4.78, 5) is 32.4. The van der Waals surface area contributed by atoms with Gasteiger partial charge in [-0.2, -0.15) is 0 Å². The number of aromatic nitrogens is 2. The summed E-state index contributed by atoms with van der Waals surface area (Å²) in [5, 5.41) is 0.660. The third kappa shape index (κ3) is 4.84. The number of para-hydroxylation sites is 1. The van der Waals surface area contributed by atoms with Crippen LogP contribution in [0.25, 0.3) is 10.9 Å². The Morgan fingerprint density at radius 1 is 1.11 bits per heavy atom. The van der Waals surface area contributed by atoms with Crippen molar-refractivity contribution in [1.29, 1.82) is 0 Å². The minimum Gasteiger partial charge on any atom is -0.340 e. The summed E-state index contributed by atoms with van der Waals surface area (Å²) in [6.07, 6.45) is 3.19. The molecule has 1 N–H and O–H groups in total. The van der Waals surface area contributed by atoms with Crippen LogP contribution in [-0.4, -0.2) is 58.0 Å². The summed E-state index contributed by atoms with van der Waals surface area (Å²) >= 11 is 5.33. The smallest absolute Gasteiger partial charge is 0.262 e. The molecule has 0 aliphatic carbocycles. The highest BCUT2D eigenvalue weighted by Crippen LogP contribution is 2.09. The van der Waals surface area contributed by atoms with Crippen LogP contribution in [0.15, 0.2) is 29.1 Å². The Morgan fingerprint density at radius 3 is 2.59 bits per heavy atom. The maximum Gasteiger partial charge on any atom is 0.262 e. The molecule has 2 aromatic rings. The summed E-state index contributed by atoms with van der Waals surface area (Å²) in [5.74, 6) is 0.255. The maximum atomic E-state index is 12.6. The Labute approximate surface area is 164 Å². The molecule has 1 aliphatic rings. The number of carbonyl (C=O) groups excluding carboxylic acids is 1. The first-order valence-corrected chi connectivity index (χ1v) is 10.2. The minimum atomic E-state index is -0.0424. The molecule has 27 heavy (non-hydrogen) atoms. The van der Waals surface area contributed by atoms with Gasteiger partial charge in [0, 0.05) is 39.1 Å². The Hall–Kier alpha value is -1.99. The quantitative estimate of drug-likeness (QED) is 0.585. The molecule has 146 valence electrons. The fourth-order valence-corrected chi connectivity index (χ4v) is 3.88. The molecule has 2 heterocycles. The van der Waals surface area contributed by atoms with E-state index in [1.165, 1.54) is 0 Å². The van der Waals surface area contributed by atoms with Gasteiger partial charge >= 0.3 is 0 Å². The van der Waals surface area contributed by atoms with Crippen LogP contribution in [0.1, 0.15) is 32.6 Å². The number of piperazine rings is 1. The first kappa shape index (κ1) is 19.8. The number of nitrogens with one attached hydrogen (secondary N) is 1. The van der Waals surface area contributed by atoms with Gasteiger partial charge in [-0.1, -0.05) is 25.5 Å². The van der Waals surface area contributed by atoms with Gasteiger partial charge in [-0.25, -0.2) is 0 Å². The largest absolute Gasteiger partial charge is 0.340 e. The van der Waals surface area contributed by atoms with Crippen molar-refractivity contribution in [2.24, 2.45) is 0 Å². The van der Waals surface area contributed by atoms with Crippen LogP contribution in [0.2, 0.25) is 0 Å². The van der Waals surface area contributed by atoms with E-state index in [0.29, 0.717) is 23.1 Å². The van der Waals surface area contributed by atoms with Crippen molar-refractivity contribution < 1.29 is 4.79 Å². The number of likely N-dealkylation sites (N-methyl/N-ethyl adjacent to an activating group) is 1. The first-order valence-electron chi connectivity index (χ1n) is 9.82. The van der Waals surface area contributed by atoms with Crippen LogP contribution < -0.4 is 5.56 Å². The van der Waals surface area contributed by atoms with Gasteiger partial charge in [0.1, 0.15) is 0 Å². The third-order valence-electron chi connectivity index (χ3n) is 5.33. The zero-order chi connectivity index (χ0) is 19.2. The second kappa shape index (κ2) is 9.28. The summed E-state index contributed by atoms with van der Waals surface area (Å²) < 4.78 is 2.09. The van der Waals surface area contributed by atoms with E-state index in [0.717, 1.165) is 57.5 Å². The number of hydrogen-bond donors (Lipinski definition) is 1. The van der Waals surface area contributed by atoms with Crippen LogP contribution in [0.5, 0.6) is 0 Å². The predicted octanol–water partition coefficient (Wildman–Crippen LogP) is 2.78. The number of carbonyl (C=O) groups is 1. The van der Waals surface area contributed by atoms with Crippen LogP contribution in [0.4, 0.5) is 0 Å². The van der Waals surface area contributed by atoms with E-state index < -0.39 is 0 Å². The van der Waals surface area contributed by atoms with Crippen molar-refractivity contribution >= 4 is 29.0 Å². The Kier molecular flexibility index (Phi) is 6.79. The molecule has 1 aromatic carbocycles. The number of aromatic amines is 1. The third-order valence-corrected chi connectivity index (χ3v) is 5.66. The lowest BCUT2D eigenvalue weighted by atomic mass is 10.1. The van der Waals surface area contributed by atoms with E-state index in [2.05, 4.69) is 16.8 Å². The number of H-pyrrole nitrogens is 1. The van der Waals surface area contributed by atoms with Crippen LogP contribution in [0, 0.1) is 4.77 Å². The van der Waals surface area contributed by atoms with Gasteiger partial charge in [-0.15, -0.1) is 0 Å². The summed E-state index contributed by atoms with van der Waals surface area (Å²) in [7, 11) is 0. The highest BCUT2D eigenvalue weighted by atomic mass is 32.1. The van der Waals surface area contributed by atoms with Gasteiger partial charge in [0.2, 0.25) is 5.91 Å². The lowest BCUT2D eigenvalue weighted by Crippen LogP contribution is -2.48. The zero-order valence-electron chi connectivity index (χ0n) is 15.9. The molecule has 7 heteroatoms. The average molecular weight is 389 g/mol.